The molecule has 0 heterocycles. The summed E-state index contributed by atoms with van der Waals surface area (Å²) in [4.78, 5) is 10.9. The summed E-state index contributed by atoms with van der Waals surface area (Å²) >= 11 is 0. The first-order valence-corrected chi connectivity index (χ1v) is 4.94. The minimum atomic E-state index is 0.327. The molecule has 0 amide bonds. The van der Waals surface area contributed by atoms with E-state index in [1.54, 1.807) is 6.92 Å². The molecule has 1 rings (SSSR count). The molecule has 0 bridgehead atoms. The Hall–Kier alpha value is -0.370. The van der Waals surface area contributed by atoms with Crippen molar-refractivity contribution in [1.29, 1.82) is 0 Å². The first-order valence-electron chi connectivity index (χ1n) is 4.94. The minimum Gasteiger partial charge on any atom is -0.330 e. The lowest BCUT2D eigenvalue weighted by atomic mass is 10.0. The van der Waals surface area contributed by atoms with Crippen LogP contribution in [0.4, 0.5) is 0 Å². The van der Waals surface area contributed by atoms with Crippen molar-refractivity contribution in [2.45, 2.75) is 40.0 Å². The molecular weight excluding hydrogens is 150 g/mol. The summed E-state index contributed by atoms with van der Waals surface area (Å²) < 4.78 is 0. The van der Waals surface area contributed by atoms with Crippen LogP contribution in [0.3, 0.4) is 0 Å². The Bertz CT molecular complexity index is 134. The number of hydrogen-bond acceptors (Lipinski definition) is 2. The van der Waals surface area contributed by atoms with Crippen molar-refractivity contribution < 1.29 is 4.79 Å². The van der Waals surface area contributed by atoms with E-state index >= 15 is 0 Å². The Morgan fingerprint density at radius 1 is 1.42 bits per heavy atom. The second-order valence-electron chi connectivity index (χ2n) is 3.22. The Balaban J connectivity index is 0.000000561. The fourth-order valence-corrected chi connectivity index (χ4v) is 1.66. The van der Waals surface area contributed by atoms with E-state index in [0.717, 1.165) is 25.8 Å². The summed E-state index contributed by atoms with van der Waals surface area (Å²) in [5, 5.41) is 0. The van der Waals surface area contributed by atoms with Crippen molar-refractivity contribution in [3.63, 3.8) is 0 Å². The molecule has 2 nitrogen and oxygen atoms in total. The molecule has 0 aromatic carbocycles. The summed E-state index contributed by atoms with van der Waals surface area (Å²) in [5.74, 6) is 1.29. The largest absolute Gasteiger partial charge is 0.330 e. The van der Waals surface area contributed by atoms with Crippen molar-refractivity contribution >= 4 is 5.78 Å². The third-order valence-corrected chi connectivity index (χ3v) is 2.45. The fourth-order valence-electron chi connectivity index (χ4n) is 1.66. The Kier molecular flexibility index (Phi) is 5.99. The van der Waals surface area contributed by atoms with Crippen LogP contribution in [0.25, 0.3) is 0 Å². The topological polar surface area (TPSA) is 43.1 Å². The molecule has 0 radical (unpaired) electrons. The molecule has 0 spiro atoms. The highest BCUT2D eigenvalue weighted by Crippen LogP contribution is 2.30. The first kappa shape index (κ1) is 11.6. The maximum absolute atomic E-state index is 10.9. The third kappa shape index (κ3) is 3.35. The molecule has 2 N–H and O–H groups in total. The normalized spacial score (nSPS) is 27.7. The lowest BCUT2D eigenvalue weighted by molar-refractivity contribution is -0.120. The van der Waals surface area contributed by atoms with Crippen molar-refractivity contribution in [1.82, 2.24) is 0 Å². The maximum Gasteiger partial charge on any atom is 0.132 e. The summed E-state index contributed by atoms with van der Waals surface area (Å²) in [7, 11) is 0. The molecule has 1 fully saturated rings. The molecule has 2 heteroatoms. The predicted molar refractivity (Wildman–Crippen MR) is 51.9 cm³/mol. The number of rotatable bonds is 2. The molecule has 1 saturated carbocycles. The maximum atomic E-state index is 10.9. The monoisotopic (exact) mass is 171 g/mol. The highest BCUT2D eigenvalue weighted by Gasteiger charge is 2.26. The molecule has 0 aromatic rings. The average molecular weight is 171 g/mol. The van der Waals surface area contributed by atoms with Gasteiger partial charge in [0.15, 0.2) is 0 Å². The molecule has 12 heavy (non-hydrogen) atoms. The zero-order valence-corrected chi connectivity index (χ0v) is 8.47. The van der Waals surface area contributed by atoms with Gasteiger partial charge in [0.2, 0.25) is 0 Å². The molecule has 1 aliphatic carbocycles. The van der Waals surface area contributed by atoms with Crippen molar-refractivity contribution in [3.8, 4) is 0 Å². The Morgan fingerprint density at radius 2 is 2.00 bits per heavy atom. The quantitative estimate of drug-likeness (QED) is 0.690. The highest BCUT2D eigenvalue weighted by atomic mass is 16.1. The van der Waals surface area contributed by atoms with Gasteiger partial charge in [-0.1, -0.05) is 13.8 Å². The van der Waals surface area contributed by atoms with Gasteiger partial charge in [0, 0.05) is 5.92 Å². The second kappa shape index (κ2) is 6.18. The van der Waals surface area contributed by atoms with Gasteiger partial charge in [-0.3, -0.25) is 4.79 Å². The third-order valence-electron chi connectivity index (χ3n) is 2.45. The van der Waals surface area contributed by atoms with Crippen molar-refractivity contribution in [3.05, 3.63) is 0 Å². The van der Waals surface area contributed by atoms with Gasteiger partial charge in [0.1, 0.15) is 5.78 Å². The summed E-state index contributed by atoms with van der Waals surface area (Å²) in [6.45, 7) is 6.44. The molecule has 0 saturated heterocycles. The van der Waals surface area contributed by atoms with Crippen LogP contribution in [-0.2, 0) is 4.79 Å². The van der Waals surface area contributed by atoms with Crippen LogP contribution in [-0.4, -0.2) is 12.3 Å². The van der Waals surface area contributed by atoms with E-state index in [-0.39, 0.29) is 0 Å². The standard InChI is InChI=1S/C8H15NO.C2H6/c1-6(10)8-3-2-7(4-8)5-9;1-2/h7-8H,2-5,9H2,1H3;1-2H3. The van der Waals surface area contributed by atoms with Crippen LogP contribution in [0.5, 0.6) is 0 Å². The van der Waals surface area contributed by atoms with E-state index in [2.05, 4.69) is 0 Å². The second-order valence-corrected chi connectivity index (χ2v) is 3.22. The van der Waals surface area contributed by atoms with Gasteiger partial charge in [-0.25, -0.2) is 0 Å². The van der Waals surface area contributed by atoms with E-state index in [1.807, 2.05) is 13.8 Å². The Labute approximate surface area is 75.5 Å². The van der Waals surface area contributed by atoms with Crippen molar-refractivity contribution in [2.75, 3.05) is 6.54 Å². The van der Waals surface area contributed by atoms with Gasteiger partial charge in [0.25, 0.3) is 0 Å². The highest BCUT2D eigenvalue weighted by molar-refractivity contribution is 5.78. The van der Waals surface area contributed by atoms with E-state index in [1.165, 1.54) is 0 Å². The van der Waals surface area contributed by atoms with E-state index in [4.69, 9.17) is 5.73 Å². The summed E-state index contributed by atoms with van der Waals surface area (Å²) in [5.41, 5.74) is 5.48. The van der Waals surface area contributed by atoms with Gasteiger partial charge >= 0.3 is 0 Å². The lowest BCUT2D eigenvalue weighted by Crippen LogP contribution is -2.12. The number of Topliss-reactive ketones (excluding diaryl/α,β-unsaturated/α-hetero) is 1. The van der Waals surface area contributed by atoms with Crippen LogP contribution in [0, 0.1) is 11.8 Å². The smallest absolute Gasteiger partial charge is 0.132 e. The number of carbonyl (C=O) groups is 1. The van der Waals surface area contributed by atoms with Crippen LogP contribution in [0.2, 0.25) is 0 Å². The molecule has 0 aliphatic heterocycles. The zero-order valence-electron chi connectivity index (χ0n) is 8.47. The van der Waals surface area contributed by atoms with E-state index in [9.17, 15) is 4.79 Å². The lowest BCUT2D eigenvalue weighted by Gasteiger charge is -2.04. The average Bonchev–Trinajstić information content (AvgIpc) is 2.55. The number of carbonyl (C=O) groups excluding carboxylic acids is 1. The van der Waals surface area contributed by atoms with Crippen LogP contribution >= 0.6 is 0 Å². The van der Waals surface area contributed by atoms with Gasteiger partial charge in [0.05, 0.1) is 0 Å². The number of nitrogens with two attached hydrogens (primary N) is 1. The van der Waals surface area contributed by atoms with E-state index in [0.29, 0.717) is 17.6 Å². The first-order chi connectivity index (χ1) is 5.74. The van der Waals surface area contributed by atoms with E-state index < -0.39 is 0 Å². The summed E-state index contributed by atoms with van der Waals surface area (Å²) in [6.07, 6.45) is 3.25. The number of ketones is 1. The van der Waals surface area contributed by atoms with Gasteiger partial charge in [-0.05, 0) is 38.6 Å². The minimum absolute atomic E-state index is 0.327. The Morgan fingerprint density at radius 3 is 2.25 bits per heavy atom. The number of hydrogen-bond donors (Lipinski definition) is 1. The molecule has 0 aromatic heterocycles. The molecule has 2 atom stereocenters. The fraction of sp³-hybridized carbons (Fsp3) is 0.900. The van der Waals surface area contributed by atoms with Crippen LogP contribution in [0.15, 0.2) is 0 Å². The van der Waals surface area contributed by atoms with Crippen LogP contribution < -0.4 is 5.73 Å². The van der Waals surface area contributed by atoms with Crippen LogP contribution in [0.1, 0.15) is 40.0 Å². The summed E-state index contributed by atoms with van der Waals surface area (Å²) in [6, 6.07) is 0. The molecule has 1 aliphatic rings. The van der Waals surface area contributed by atoms with Gasteiger partial charge in [-0.15, -0.1) is 0 Å². The molecular formula is C10H21NO. The van der Waals surface area contributed by atoms with Gasteiger partial charge < -0.3 is 5.73 Å². The SMILES string of the molecule is CC.CC(=O)C1CCC(CN)C1. The van der Waals surface area contributed by atoms with Gasteiger partial charge in [-0.2, -0.15) is 0 Å². The molecule has 72 valence electrons. The molecule has 2 unspecified atom stereocenters. The van der Waals surface area contributed by atoms with Crippen molar-refractivity contribution in [2.24, 2.45) is 17.6 Å². The zero-order chi connectivity index (χ0) is 9.56. The predicted octanol–water partition coefficient (Wildman–Crippen LogP) is 1.98.